The van der Waals surface area contributed by atoms with E-state index in [-0.39, 0.29) is 17.4 Å². The van der Waals surface area contributed by atoms with Gasteiger partial charge in [-0.05, 0) is 24.1 Å². The summed E-state index contributed by atoms with van der Waals surface area (Å²) in [7, 11) is 9.62. The molecule has 0 saturated heterocycles. The molecule has 1 aromatic carbocycles. The first kappa shape index (κ1) is 20.8. The molecule has 0 aliphatic carbocycles. The number of carbonyl (C=O) groups excluding carboxylic acids is 2. The van der Waals surface area contributed by atoms with Gasteiger partial charge in [0.1, 0.15) is 0 Å². The molecule has 0 bridgehead atoms. The number of hydrogen-bond donors (Lipinski definition) is 1. The minimum Gasteiger partial charge on any atom is -0.493 e. The molecule has 0 aliphatic rings. The molecule has 0 fully saturated rings. The maximum absolute atomic E-state index is 12.3. The molecular weight excluding hydrogens is 362 g/mol. The van der Waals surface area contributed by atoms with Crippen LogP contribution < -0.4 is 19.8 Å². The van der Waals surface area contributed by atoms with Gasteiger partial charge in [0.2, 0.25) is 6.41 Å². The van der Waals surface area contributed by atoms with Crippen LogP contribution in [0.25, 0.3) is 0 Å². The van der Waals surface area contributed by atoms with E-state index in [2.05, 4.69) is 22.1 Å². The Bertz CT molecular complexity index is 940. The van der Waals surface area contributed by atoms with Crippen LogP contribution in [0.5, 0.6) is 11.5 Å². The summed E-state index contributed by atoms with van der Waals surface area (Å²) in [5.74, 6) is 7.23. The number of hydrazine groups is 1. The average Bonchev–Trinajstić information content (AvgIpc) is 3.01. The lowest BCUT2D eigenvalue weighted by atomic mass is 10.2. The van der Waals surface area contributed by atoms with Gasteiger partial charge in [0.25, 0.3) is 5.91 Å². The van der Waals surface area contributed by atoms with Crippen LogP contribution in [0, 0.1) is 11.8 Å². The number of rotatable bonds is 6. The number of imidazole rings is 1. The van der Waals surface area contributed by atoms with Crippen molar-refractivity contribution in [3.63, 3.8) is 0 Å². The largest absolute Gasteiger partial charge is 0.493 e. The zero-order valence-corrected chi connectivity index (χ0v) is 16.7. The molecule has 2 amide bonds. The van der Waals surface area contributed by atoms with Crippen LogP contribution in [-0.2, 0) is 11.8 Å². The molecule has 1 heterocycles. The Morgan fingerprint density at radius 1 is 1.21 bits per heavy atom. The number of nitrogens with one attached hydrogen (secondary N) is 1. The zero-order valence-electron chi connectivity index (χ0n) is 16.7. The lowest BCUT2D eigenvalue weighted by molar-refractivity contribution is -0.109. The van der Waals surface area contributed by atoms with E-state index < -0.39 is 0 Å². The Kier molecular flexibility index (Phi) is 6.63. The zero-order chi connectivity index (χ0) is 20.8. The van der Waals surface area contributed by atoms with Gasteiger partial charge in [0.15, 0.2) is 28.8 Å². The van der Waals surface area contributed by atoms with E-state index in [1.807, 2.05) is 0 Å². The van der Waals surface area contributed by atoms with Crippen molar-refractivity contribution in [1.82, 2.24) is 19.9 Å². The molecule has 2 rings (SSSR count). The molecule has 0 radical (unpaired) electrons. The maximum Gasteiger partial charge on any atom is 0.271 e. The van der Waals surface area contributed by atoms with Crippen molar-refractivity contribution in [3.8, 4) is 23.3 Å². The third-order valence-electron chi connectivity index (χ3n) is 3.97. The number of methoxy groups -OCH3 is 2. The third kappa shape index (κ3) is 4.07. The highest BCUT2D eigenvalue weighted by molar-refractivity contribution is 5.99. The number of nitrogens with zero attached hydrogens (tertiary/aromatic N) is 4. The molecular formula is C19H23N5O4. The Balaban J connectivity index is 2.54. The number of hydrogen-bond acceptors (Lipinski definition) is 6. The van der Waals surface area contributed by atoms with Crippen LogP contribution in [-0.4, -0.2) is 62.2 Å². The monoisotopic (exact) mass is 385 g/mol. The fourth-order valence-corrected chi connectivity index (χ4v) is 2.50. The average molecular weight is 385 g/mol. The van der Waals surface area contributed by atoms with Gasteiger partial charge in [0.05, 0.1) is 14.2 Å². The second-order valence-electron chi connectivity index (χ2n) is 5.86. The van der Waals surface area contributed by atoms with Gasteiger partial charge in [-0.1, -0.05) is 5.92 Å². The summed E-state index contributed by atoms with van der Waals surface area (Å²) in [5, 5.41) is 5.31. The van der Waals surface area contributed by atoms with E-state index >= 15 is 0 Å². The summed E-state index contributed by atoms with van der Waals surface area (Å²) in [6.45, 7) is 0. The number of amides is 2. The Labute approximate surface area is 163 Å². The standard InChI is InChI=1S/C19H23N5O4/c1-20-19(26)17-18(24(12-25)22(2)3)21-16(23(17)4)10-8-13-7-9-14(27-5)15(11-13)28-6/h7,9,11-12H,1-6H3,(H,20,26). The van der Waals surface area contributed by atoms with E-state index in [1.54, 1.807) is 58.1 Å². The van der Waals surface area contributed by atoms with E-state index in [0.29, 0.717) is 29.3 Å². The molecule has 2 aromatic rings. The van der Waals surface area contributed by atoms with E-state index in [9.17, 15) is 9.59 Å². The smallest absolute Gasteiger partial charge is 0.271 e. The minimum atomic E-state index is -0.377. The quantitative estimate of drug-likeness (QED) is 0.446. The normalized spacial score (nSPS) is 10.1. The van der Waals surface area contributed by atoms with Gasteiger partial charge in [-0.25, -0.2) is 15.0 Å². The van der Waals surface area contributed by atoms with Crippen LogP contribution in [0.4, 0.5) is 5.82 Å². The van der Waals surface area contributed by atoms with Gasteiger partial charge in [-0.15, -0.1) is 0 Å². The fraction of sp³-hybridized carbons (Fsp3) is 0.316. The molecule has 9 heteroatoms. The van der Waals surface area contributed by atoms with Crippen LogP contribution in [0.3, 0.4) is 0 Å². The molecule has 28 heavy (non-hydrogen) atoms. The number of aromatic nitrogens is 2. The van der Waals surface area contributed by atoms with Crippen molar-refractivity contribution < 1.29 is 19.1 Å². The van der Waals surface area contributed by atoms with Gasteiger partial charge in [-0.2, -0.15) is 0 Å². The van der Waals surface area contributed by atoms with E-state index in [0.717, 1.165) is 0 Å². The van der Waals surface area contributed by atoms with Crippen LogP contribution in [0.15, 0.2) is 18.2 Å². The van der Waals surface area contributed by atoms with Gasteiger partial charge in [-0.3, -0.25) is 9.59 Å². The Morgan fingerprint density at radius 2 is 1.89 bits per heavy atom. The first-order valence-electron chi connectivity index (χ1n) is 8.32. The summed E-state index contributed by atoms with van der Waals surface area (Å²) >= 11 is 0. The number of anilines is 1. The van der Waals surface area contributed by atoms with E-state index in [1.165, 1.54) is 17.1 Å². The van der Waals surface area contributed by atoms with Crippen molar-refractivity contribution in [3.05, 3.63) is 35.3 Å². The predicted octanol–water partition coefficient (Wildman–Crippen LogP) is 0.636. The second-order valence-corrected chi connectivity index (χ2v) is 5.86. The van der Waals surface area contributed by atoms with Crippen LogP contribution in [0.1, 0.15) is 21.9 Å². The van der Waals surface area contributed by atoms with Crippen LogP contribution >= 0.6 is 0 Å². The van der Waals surface area contributed by atoms with Crippen molar-refractivity contribution >= 4 is 18.1 Å². The first-order valence-corrected chi connectivity index (χ1v) is 8.32. The molecule has 148 valence electrons. The highest BCUT2D eigenvalue weighted by Gasteiger charge is 2.25. The second kappa shape index (κ2) is 8.92. The van der Waals surface area contributed by atoms with Gasteiger partial charge in [0, 0.05) is 33.8 Å². The molecule has 0 saturated carbocycles. The molecule has 0 spiro atoms. The number of ether oxygens (including phenoxy) is 2. The van der Waals surface area contributed by atoms with Crippen molar-refractivity contribution in [2.75, 3.05) is 40.4 Å². The topological polar surface area (TPSA) is 88.9 Å². The van der Waals surface area contributed by atoms with Crippen LogP contribution in [0.2, 0.25) is 0 Å². The lowest BCUT2D eigenvalue weighted by Gasteiger charge is -2.22. The van der Waals surface area contributed by atoms with Crippen molar-refractivity contribution in [1.29, 1.82) is 0 Å². The highest BCUT2D eigenvalue weighted by atomic mass is 16.5. The molecule has 0 aliphatic heterocycles. The summed E-state index contributed by atoms with van der Waals surface area (Å²) in [6, 6.07) is 5.28. The summed E-state index contributed by atoms with van der Waals surface area (Å²) in [5.41, 5.74) is 0.906. The minimum absolute atomic E-state index is 0.193. The Hall–Kier alpha value is -3.51. The number of benzene rings is 1. The maximum atomic E-state index is 12.3. The lowest BCUT2D eigenvalue weighted by Crippen LogP contribution is -2.37. The fourth-order valence-electron chi connectivity index (χ4n) is 2.50. The van der Waals surface area contributed by atoms with E-state index in [4.69, 9.17) is 9.47 Å². The van der Waals surface area contributed by atoms with Crippen molar-refractivity contribution in [2.45, 2.75) is 0 Å². The Morgan fingerprint density at radius 3 is 2.43 bits per heavy atom. The highest BCUT2D eigenvalue weighted by Crippen LogP contribution is 2.27. The molecule has 9 nitrogen and oxygen atoms in total. The summed E-state index contributed by atoms with van der Waals surface area (Å²) < 4.78 is 12.0. The summed E-state index contributed by atoms with van der Waals surface area (Å²) in [4.78, 5) is 28.2. The van der Waals surface area contributed by atoms with Crippen molar-refractivity contribution in [2.24, 2.45) is 7.05 Å². The SMILES string of the molecule is CNC(=O)c1c(N(C=O)N(C)C)nc(C#Cc2ccc(OC)c(OC)c2)n1C. The molecule has 0 atom stereocenters. The van der Waals surface area contributed by atoms with Gasteiger partial charge < -0.3 is 19.4 Å². The van der Waals surface area contributed by atoms with Gasteiger partial charge >= 0.3 is 0 Å². The summed E-state index contributed by atoms with van der Waals surface area (Å²) in [6.07, 6.45) is 0.584. The first-order chi connectivity index (χ1) is 13.4. The third-order valence-corrected chi connectivity index (χ3v) is 3.97. The predicted molar refractivity (Wildman–Crippen MR) is 104 cm³/mol. The number of carbonyl (C=O) groups is 2. The molecule has 0 unspecified atom stereocenters. The molecule has 1 N–H and O–H groups in total. The molecule has 1 aromatic heterocycles.